The van der Waals surface area contributed by atoms with Crippen molar-refractivity contribution in [3.8, 4) is 5.75 Å². The van der Waals surface area contributed by atoms with Crippen LogP contribution in [0.4, 0.5) is 10.1 Å². The number of nitrogens with one attached hydrogen (secondary N) is 1. The molecule has 0 radical (unpaired) electrons. The van der Waals surface area contributed by atoms with Crippen LogP contribution < -0.4 is 15.8 Å². The monoisotopic (exact) mass is 386 g/mol. The molecule has 1 fully saturated rings. The fraction of sp³-hybridized carbons (Fsp3) is 0.263. The first kappa shape index (κ1) is 16.4. The number of anilines is 1. The number of hydrogen-bond acceptors (Lipinski definition) is 5. The summed E-state index contributed by atoms with van der Waals surface area (Å²) in [5.74, 6) is 0.110. The molecule has 3 heterocycles. The zero-order valence-electron chi connectivity index (χ0n) is 14.2. The van der Waals surface area contributed by atoms with Crippen molar-refractivity contribution in [3.63, 3.8) is 0 Å². The van der Waals surface area contributed by atoms with Gasteiger partial charge in [-0.1, -0.05) is 17.7 Å². The third-order valence-electron chi connectivity index (χ3n) is 5.30. The number of amidine groups is 1. The van der Waals surface area contributed by atoms with E-state index < -0.39 is 17.7 Å². The van der Waals surface area contributed by atoms with E-state index in [2.05, 4.69) is 10.3 Å². The Labute approximate surface area is 159 Å². The van der Waals surface area contributed by atoms with Crippen molar-refractivity contribution in [2.24, 2.45) is 10.7 Å². The SMILES string of the molecule is NC1=NC2(CCN3C(=O)c4ccc(Cl)cc4OC3C2)Nc2cccc(F)c21. The van der Waals surface area contributed by atoms with Gasteiger partial charge in [0.15, 0.2) is 6.23 Å². The van der Waals surface area contributed by atoms with Gasteiger partial charge in [0.2, 0.25) is 0 Å². The molecular formula is C19H16ClFN4O2. The van der Waals surface area contributed by atoms with Crippen LogP contribution in [0, 0.1) is 5.82 Å². The minimum absolute atomic E-state index is 0.0908. The fourth-order valence-corrected chi connectivity index (χ4v) is 4.19. The van der Waals surface area contributed by atoms with Gasteiger partial charge in [-0.05, 0) is 30.3 Å². The predicted octanol–water partition coefficient (Wildman–Crippen LogP) is 2.96. The van der Waals surface area contributed by atoms with Crippen LogP contribution in [0.1, 0.15) is 28.8 Å². The first-order valence-corrected chi connectivity index (χ1v) is 9.03. The van der Waals surface area contributed by atoms with E-state index >= 15 is 0 Å². The summed E-state index contributed by atoms with van der Waals surface area (Å²) in [6.45, 7) is 0.444. The van der Waals surface area contributed by atoms with Crippen LogP contribution in [0.2, 0.25) is 5.02 Å². The van der Waals surface area contributed by atoms with Crippen LogP contribution >= 0.6 is 11.6 Å². The number of ether oxygens (including phenoxy) is 1. The number of benzene rings is 2. The molecule has 0 aliphatic carbocycles. The number of aliphatic imine (C=N–C) groups is 1. The molecule has 1 spiro atoms. The Bertz CT molecular complexity index is 1010. The van der Waals surface area contributed by atoms with Crippen molar-refractivity contribution in [2.45, 2.75) is 24.7 Å². The van der Waals surface area contributed by atoms with Crippen molar-refractivity contribution in [2.75, 3.05) is 11.9 Å². The van der Waals surface area contributed by atoms with Gasteiger partial charge in [0, 0.05) is 30.1 Å². The lowest BCUT2D eigenvalue weighted by Gasteiger charge is -2.48. The van der Waals surface area contributed by atoms with Gasteiger partial charge in [0.1, 0.15) is 23.1 Å². The van der Waals surface area contributed by atoms with Crippen LogP contribution in [0.25, 0.3) is 0 Å². The van der Waals surface area contributed by atoms with Gasteiger partial charge in [-0.2, -0.15) is 0 Å². The molecule has 0 aromatic heterocycles. The Morgan fingerprint density at radius 1 is 1.37 bits per heavy atom. The van der Waals surface area contributed by atoms with E-state index in [-0.39, 0.29) is 17.3 Å². The molecule has 2 atom stereocenters. The smallest absolute Gasteiger partial charge is 0.260 e. The van der Waals surface area contributed by atoms with E-state index in [4.69, 9.17) is 22.1 Å². The third-order valence-corrected chi connectivity index (χ3v) is 5.53. The van der Waals surface area contributed by atoms with Crippen molar-refractivity contribution in [3.05, 3.63) is 58.4 Å². The number of carbonyl (C=O) groups excluding carboxylic acids is 1. The van der Waals surface area contributed by atoms with E-state index in [0.717, 1.165) is 0 Å². The summed E-state index contributed by atoms with van der Waals surface area (Å²) in [4.78, 5) is 19.1. The molecule has 27 heavy (non-hydrogen) atoms. The Hall–Kier alpha value is -2.80. The van der Waals surface area contributed by atoms with Gasteiger partial charge in [0.05, 0.1) is 11.1 Å². The van der Waals surface area contributed by atoms with E-state index in [0.29, 0.717) is 41.4 Å². The summed E-state index contributed by atoms with van der Waals surface area (Å²) in [5.41, 5.74) is 6.71. The molecule has 0 bridgehead atoms. The lowest BCUT2D eigenvalue weighted by atomic mass is 9.91. The summed E-state index contributed by atoms with van der Waals surface area (Å²) in [5, 5.41) is 3.82. The summed E-state index contributed by atoms with van der Waals surface area (Å²) in [7, 11) is 0. The van der Waals surface area contributed by atoms with E-state index in [9.17, 15) is 9.18 Å². The summed E-state index contributed by atoms with van der Waals surface area (Å²) in [6.07, 6.45) is 0.427. The largest absolute Gasteiger partial charge is 0.469 e. The number of amides is 1. The number of fused-ring (bicyclic) bond motifs is 3. The molecule has 138 valence electrons. The number of nitrogens with two attached hydrogens (primary N) is 1. The summed E-state index contributed by atoms with van der Waals surface area (Å²) < 4.78 is 20.2. The summed E-state index contributed by atoms with van der Waals surface area (Å²) in [6, 6.07) is 9.75. The molecule has 5 rings (SSSR count). The molecule has 1 saturated heterocycles. The van der Waals surface area contributed by atoms with Gasteiger partial charge in [-0.25, -0.2) is 9.38 Å². The van der Waals surface area contributed by atoms with Crippen molar-refractivity contribution in [1.29, 1.82) is 0 Å². The van der Waals surface area contributed by atoms with Gasteiger partial charge < -0.3 is 20.7 Å². The molecule has 6 nitrogen and oxygen atoms in total. The molecule has 2 unspecified atom stereocenters. The molecule has 1 amide bonds. The van der Waals surface area contributed by atoms with Gasteiger partial charge >= 0.3 is 0 Å². The van der Waals surface area contributed by atoms with Crippen molar-refractivity contribution >= 4 is 29.0 Å². The number of nitrogens with zero attached hydrogens (tertiary/aromatic N) is 2. The predicted molar refractivity (Wildman–Crippen MR) is 99.6 cm³/mol. The zero-order chi connectivity index (χ0) is 18.8. The fourth-order valence-electron chi connectivity index (χ4n) is 4.03. The minimum atomic E-state index is -0.748. The number of carbonyl (C=O) groups is 1. The molecule has 0 saturated carbocycles. The zero-order valence-corrected chi connectivity index (χ0v) is 15.0. The summed E-state index contributed by atoms with van der Waals surface area (Å²) >= 11 is 6.04. The number of halogens is 2. The van der Waals surface area contributed by atoms with E-state index in [1.54, 1.807) is 35.2 Å². The van der Waals surface area contributed by atoms with Crippen LogP contribution in [0.5, 0.6) is 5.75 Å². The van der Waals surface area contributed by atoms with Gasteiger partial charge in [0.25, 0.3) is 5.91 Å². The number of hydrogen-bond donors (Lipinski definition) is 2. The first-order chi connectivity index (χ1) is 13.0. The second-order valence-corrected chi connectivity index (χ2v) is 7.42. The maximum Gasteiger partial charge on any atom is 0.260 e. The lowest BCUT2D eigenvalue weighted by Crippen LogP contribution is -2.59. The van der Waals surface area contributed by atoms with E-state index in [1.807, 2.05) is 0 Å². The molecule has 2 aromatic rings. The minimum Gasteiger partial charge on any atom is -0.469 e. The Morgan fingerprint density at radius 3 is 3.07 bits per heavy atom. The second-order valence-electron chi connectivity index (χ2n) is 6.98. The third kappa shape index (κ3) is 2.45. The first-order valence-electron chi connectivity index (χ1n) is 8.65. The van der Waals surface area contributed by atoms with Crippen LogP contribution in [-0.4, -0.2) is 35.1 Å². The van der Waals surface area contributed by atoms with Crippen LogP contribution in [0.3, 0.4) is 0 Å². The molecule has 8 heteroatoms. The second kappa shape index (κ2) is 5.60. The highest BCUT2D eigenvalue weighted by Gasteiger charge is 2.47. The Kier molecular flexibility index (Phi) is 3.40. The number of piperidine rings is 1. The van der Waals surface area contributed by atoms with Crippen molar-refractivity contribution < 1.29 is 13.9 Å². The van der Waals surface area contributed by atoms with Crippen LogP contribution in [-0.2, 0) is 0 Å². The molecule has 3 N–H and O–H groups in total. The molecule has 3 aliphatic heterocycles. The maximum atomic E-state index is 14.1. The average Bonchev–Trinajstić information content (AvgIpc) is 2.61. The Balaban J connectivity index is 1.50. The standard InChI is InChI=1S/C19H16ClFN4O2/c20-10-4-5-11-14(8-10)27-15-9-19(6-7-25(15)18(11)26)23-13-3-1-2-12(21)16(13)17(22)24-19/h1-5,8,15,23H,6-7,9H2,(H2,22,24). The maximum absolute atomic E-state index is 14.1. The topological polar surface area (TPSA) is 80.0 Å². The highest BCUT2D eigenvalue weighted by molar-refractivity contribution is 6.30. The highest BCUT2D eigenvalue weighted by Crippen LogP contribution is 2.41. The van der Waals surface area contributed by atoms with E-state index in [1.165, 1.54) is 6.07 Å². The highest BCUT2D eigenvalue weighted by atomic mass is 35.5. The molecule has 3 aliphatic rings. The lowest BCUT2D eigenvalue weighted by molar-refractivity contribution is -0.0242. The van der Waals surface area contributed by atoms with Crippen molar-refractivity contribution in [1.82, 2.24) is 4.90 Å². The van der Waals surface area contributed by atoms with Gasteiger partial charge in [-0.15, -0.1) is 0 Å². The molecular weight excluding hydrogens is 371 g/mol. The van der Waals surface area contributed by atoms with Gasteiger partial charge in [-0.3, -0.25) is 4.79 Å². The normalized spacial score (nSPS) is 25.7. The quantitative estimate of drug-likeness (QED) is 0.729. The molecule has 2 aromatic carbocycles. The van der Waals surface area contributed by atoms with Crippen LogP contribution in [0.15, 0.2) is 41.4 Å². The Morgan fingerprint density at radius 2 is 2.22 bits per heavy atom. The average molecular weight is 387 g/mol. The number of rotatable bonds is 0.